The first-order valence-corrected chi connectivity index (χ1v) is 10.5. The lowest BCUT2D eigenvalue weighted by molar-refractivity contribution is -0.122. The van der Waals surface area contributed by atoms with E-state index in [-0.39, 0.29) is 5.91 Å². The fraction of sp³-hybridized carbons (Fsp3) is 0.455. The highest BCUT2D eigenvalue weighted by molar-refractivity contribution is 7.17. The van der Waals surface area contributed by atoms with E-state index >= 15 is 0 Å². The number of thiophene rings is 1. The molecule has 3 rings (SSSR count). The second kappa shape index (κ2) is 8.78. The van der Waals surface area contributed by atoms with Crippen molar-refractivity contribution in [2.75, 3.05) is 12.4 Å². The Bertz CT molecular complexity index is 887. The monoisotopic (exact) mass is 401 g/mol. The molecule has 1 aliphatic carbocycles. The Hall–Kier alpha value is -2.34. The molecule has 0 bridgehead atoms. The summed E-state index contributed by atoms with van der Waals surface area (Å²) < 4.78 is 11.0. The van der Waals surface area contributed by atoms with Gasteiger partial charge in [0.2, 0.25) is 0 Å². The molecule has 0 unspecified atom stereocenters. The number of nitrogens with one attached hydrogen (secondary N) is 1. The summed E-state index contributed by atoms with van der Waals surface area (Å²) in [6.45, 7) is 5.87. The van der Waals surface area contributed by atoms with Gasteiger partial charge in [0.25, 0.3) is 5.91 Å². The van der Waals surface area contributed by atoms with Gasteiger partial charge in [0.1, 0.15) is 10.8 Å². The van der Waals surface area contributed by atoms with Gasteiger partial charge in [-0.1, -0.05) is 19.1 Å². The van der Waals surface area contributed by atoms with Crippen LogP contribution in [0.15, 0.2) is 18.2 Å². The molecule has 1 N–H and O–H groups in total. The molecule has 150 valence electrons. The molecule has 1 aromatic carbocycles. The van der Waals surface area contributed by atoms with Crippen molar-refractivity contribution in [2.45, 2.75) is 59.0 Å². The normalized spacial score (nSPS) is 14.1. The van der Waals surface area contributed by atoms with Crippen molar-refractivity contribution in [3.63, 3.8) is 0 Å². The number of aryl methyl sites for hydroxylation is 3. The average molecular weight is 402 g/mol. The summed E-state index contributed by atoms with van der Waals surface area (Å²) in [5, 5.41) is 3.52. The van der Waals surface area contributed by atoms with Crippen LogP contribution in [0.2, 0.25) is 0 Å². The number of benzene rings is 1. The number of amides is 1. The lowest BCUT2D eigenvalue weighted by atomic mass is 9.95. The summed E-state index contributed by atoms with van der Waals surface area (Å²) in [5.74, 6) is 0.0750. The number of ether oxygens (including phenoxy) is 2. The first-order chi connectivity index (χ1) is 13.4. The molecule has 0 spiro atoms. The number of carbonyl (C=O) groups is 2. The van der Waals surface area contributed by atoms with Gasteiger partial charge in [-0.3, -0.25) is 4.79 Å². The van der Waals surface area contributed by atoms with Gasteiger partial charge in [0.05, 0.1) is 12.7 Å². The Labute approximate surface area is 170 Å². The van der Waals surface area contributed by atoms with E-state index in [4.69, 9.17) is 9.47 Å². The van der Waals surface area contributed by atoms with Crippen molar-refractivity contribution in [1.29, 1.82) is 0 Å². The van der Waals surface area contributed by atoms with Gasteiger partial charge in [-0.15, -0.1) is 11.3 Å². The zero-order valence-electron chi connectivity index (χ0n) is 16.9. The minimum atomic E-state index is -0.634. The summed E-state index contributed by atoms with van der Waals surface area (Å²) in [7, 11) is 1.37. The van der Waals surface area contributed by atoms with Crippen LogP contribution in [-0.4, -0.2) is 25.1 Å². The molecule has 1 aliphatic rings. The summed E-state index contributed by atoms with van der Waals surface area (Å²) in [5.41, 5.74) is 3.60. The number of hydrogen-bond donors (Lipinski definition) is 1. The van der Waals surface area contributed by atoms with Gasteiger partial charge < -0.3 is 14.8 Å². The third-order valence-electron chi connectivity index (χ3n) is 5.07. The Balaban J connectivity index is 1.84. The van der Waals surface area contributed by atoms with Crippen LogP contribution < -0.4 is 10.1 Å². The Morgan fingerprint density at radius 2 is 1.96 bits per heavy atom. The molecule has 0 aliphatic heterocycles. The summed E-state index contributed by atoms with van der Waals surface area (Å²) >= 11 is 1.49. The molecular formula is C22H27NO4S. The zero-order valence-corrected chi connectivity index (χ0v) is 17.7. The predicted octanol–water partition coefficient (Wildman–Crippen LogP) is 4.83. The standard InChI is InChI=1S/C22H27NO4S/c1-5-16(27-17-12-13(2)10-11-14(17)3)20(24)23-21-19(22(25)26-4)15-8-6-7-9-18(15)28-21/h10-12,16H,5-9H2,1-4H3,(H,23,24)/t16-/m1/s1. The van der Waals surface area contributed by atoms with Crippen molar-refractivity contribution >= 4 is 28.2 Å². The molecule has 2 aromatic rings. The lowest BCUT2D eigenvalue weighted by Gasteiger charge is -2.19. The fourth-order valence-corrected chi connectivity index (χ4v) is 4.75. The quantitative estimate of drug-likeness (QED) is 0.705. The molecule has 0 radical (unpaired) electrons. The highest BCUT2D eigenvalue weighted by atomic mass is 32.1. The lowest BCUT2D eigenvalue weighted by Crippen LogP contribution is -2.32. The van der Waals surface area contributed by atoms with E-state index < -0.39 is 12.1 Å². The topological polar surface area (TPSA) is 64.6 Å². The molecule has 6 heteroatoms. The maximum absolute atomic E-state index is 12.9. The van der Waals surface area contributed by atoms with E-state index in [1.165, 1.54) is 23.3 Å². The molecule has 1 heterocycles. The van der Waals surface area contributed by atoms with E-state index in [0.717, 1.165) is 42.4 Å². The van der Waals surface area contributed by atoms with Gasteiger partial charge in [-0.25, -0.2) is 4.79 Å². The summed E-state index contributed by atoms with van der Waals surface area (Å²) in [6, 6.07) is 5.94. The molecule has 0 fully saturated rings. The smallest absolute Gasteiger partial charge is 0.341 e. The van der Waals surface area contributed by atoms with Crippen LogP contribution >= 0.6 is 11.3 Å². The maximum atomic E-state index is 12.9. The molecule has 0 saturated carbocycles. The number of rotatable bonds is 6. The average Bonchev–Trinajstić information content (AvgIpc) is 3.05. The number of fused-ring (bicyclic) bond motifs is 1. The van der Waals surface area contributed by atoms with Gasteiger partial charge in [-0.2, -0.15) is 0 Å². The van der Waals surface area contributed by atoms with Crippen LogP contribution in [-0.2, 0) is 22.4 Å². The highest BCUT2D eigenvalue weighted by Crippen LogP contribution is 2.38. The maximum Gasteiger partial charge on any atom is 0.341 e. The molecule has 1 aromatic heterocycles. The van der Waals surface area contributed by atoms with Crippen LogP contribution in [0.5, 0.6) is 5.75 Å². The second-order valence-electron chi connectivity index (χ2n) is 7.18. The van der Waals surface area contributed by atoms with Crippen LogP contribution in [0, 0.1) is 13.8 Å². The van der Waals surface area contributed by atoms with E-state index in [0.29, 0.717) is 22.7 Å². The van der Waals surface area contributed by atoms with Gasteiger partial charge in [0.15, 0.2) is 6.10 Å². The van der Waals surface area contributed by atoms with Crippen molar-refractivity contribution in [3.8, 4) is 5.75 Å². The van der Waals surface area contributed by atoms with Gasteiger partial charge in [-0.05, 0) is 68.7 Å². The van der Waals surface area contributed by atoms with E-state index in [9.17, 15) is 9.59 Å². The van der Waals surface area contributed by atoms with E-state index in [1.807, 2.05) is 39.0 Å². The van der Waals surface area contributed by atoms with Crippen molar-refractivity contribution in [3.05, 3.63) is 45.3 Å². The zero-order chi connectivity index (χ0) is 20.3. The van der Waals surface area contributed by atoms with E-state index in [1.54, 1.807) is 0 Å². The molecule has 0 saturated heterocycles. The van der Waals surface area contributed by atoms with Crippen LogP contribution in [0.1, 0.15) is 58.1 Å². The van der Waals surface area contributed by atoms with Crippen LogP contribution in [0.4, 0.5) is 5.00 Å². The Morgan fingerprint density at radius 1 is 1.21 bits per heavy atom. The predicted molar refractivity (Wildman–Crippen MR) is 112 cm³/mol. The summed E-state index contributed by atoms with van der Waals surface area (Å²) in [4.78, 5) is 26.5. The first-order valence-electron chi connectivity index (χ1n) is 9.72. The Morgan fingerprint density at radius 3 is 2.68 bits per heavy atom. The number of carbonyl (C=O) groups excluding carboxylic acids is 2. The molecule has 28 heavy (non-hydrogen) atoms. The third kappa shape index (κ3) is 4.22. The van der Waals surface area contributed by atoms with Crippen LogP contribution in [0.3, 0.4) is 0 Å². The number of hydrogen-bond acceptors (Lipinski definition) is 5. The van der Waals surface area contributed by atoms with Crippen molar-refractivity contribution in [2.24, 2.45) is 0 Å². The Kier molecular flexibility index (Phi) is 6.39. The largest absolute Gasteiger partial charge is 0.480 e. The molecule has 1 atom stereocenters. The number of methoxy groups -OCH3 is 1. The minimum Gasteiger partial charge on any atom is -0.480 e. The first kappa shape index (κ1) is 20.4. The number of anilines is 1. The second-order valence-corrected chi connectivity index (χ2v) is 8.28. The van der Waals surface area contributed by atoms with Crippen molar-refractivity contribution in [1.82, 2.24) is 0 Å². The fourth-order valence-electron chi connectivity index (χ4n) is 3.47. The van der Waals surface area contributed by atoms with Gasteiger partial charge in [0, 0.05) is 4.88 Å². The minimum absolute atomic E-state index is 0.243. The number of esters is 1. The SMILES string of the molecule is CC[C@@H](Oc1cc(C)ccc1C)C(=O)Nc1sc2c(c1C(=O)OC)CCCC2. The van der Waals surface area contributed by atoms with Crippen molar-refractivity contribution < 1.29 is 19.1 Å². The molecule has 1 amide bonds. The van der Waals surface area contributed by atoms with Crippen LogP contribution in [0.25, 0.3) is 0 Å². The molecule has 5 nitrogen and oxygen atoms in total. The summed E-state index contributed by atoms with van der Waals surface area (Å²) in [6.07, 6.45) is 3.84. The molecular weight excluding hydrogens is 374 g/mol. The van der Waals surface area contributed by atoms with E-state index in [2.05, 4.69) is 5.32 Å². The highest BCUT2D eigenvalue weighted by Gasteiger charge is 2.29. The third-order valence-corrected chi connectivity index (χ3v) is 6.28. The van der Waals surface area contributed by atoms with Gasteiger partial charge >= 0.3 is 5.97 Å².